The van der Waals surface area contributed by atoms with Gasteiger partial charge in [-0.2, -0.15) is 21.0 Å². The lowest BCUT2D eigenvalue weighted by molar-refractivity contribution is 0.0591. The Hall–Kier alpha value is -16.9. The van der Waals surface area contributed by atoms with Crippen LogP contribution in [-0.2, 0) is 23.7 Å². The SMILES string of the molecule is [C-]#[N+]/C1=C\c2cc(C#Cc3ccc(C(=O)OC)cc3C)cc(c2)/C(C#N)=C/c2cc(C#Cc3ccc(C(=O)OC)cc3OCCCCCCCC)cc(c2)/C(C#N)=C/c2cc(C#Cc3ccc(C(=O)OC)cc3OCCCCCCCC)cc(c2)/C(C#N)=C/c2cc(C#Cc3ccc(C(=O)OC)cc3C)cc(c2)/C(C#N)=C/c2cc(C#Cc3ccc(C(=O)OC)cc3C)cc1c2. The first-order valence-corrected chi connectivity index (χ1v) is 42.8. The van der Waals surface area contributed by atoms with Crippen LogP contribution in [0.4, 0.5) is 0 Å². The van der Waals surface area contributed by atoms with E-state index in [1.807, 2.05) is 20.8 Å². The fraction of sp³-hybridized carbons (Fsp3) is 0.211. The molecule has 0 radical (unpaired) electrons. The molecule has 646 valence electrons. The number of aryl methyl sites for hydroxylation is 3. The Morgan fingerprint density at radius 1 is 0.290 bits per heavy atom. The molecule has 0 aliphatic heterocycles. The number of esters is 5. The van der Waals surface area contributed by atoms with Crippen LogP contribution in [-0.4, -0.2) is 78.6 Å². The molecule has 17 heteroatoms. The Balaban J connectivity index is 1.22. The number of allylic oxidation sites excluding steroid dienone is 4. The minimum absolute atomic E-state index is 0.106. The number of carbonyl (C=O) groups is 5. The van der Waals surface area contributed by atoms with Crippen molar-refractivity contribution in [1.29, 1.82) is 21.0 Å². The zero-order chi connectivity index (χ0) is 93.3. The van der Waals surface area contributed by atoms with Gasteiger partial charge in [0.15, 0.2) is 5.70 Å². The summed E-state index contributed by atoms with van der Waals surface area (Å²) in [4.78, 5) is 68.4. The zero-order valence-electron chi connectivity index (χ0n) is 74.7. The summed E-state index contributed by atoms with van der Waals surface area (Å²) in [5.41, 5.74) is 12.7. The monoisotopic (exact) mass is 1720 g/mol. The smallest absolute Gasteiger partial charge is 0.337 e. The molecule has 0 amide bonds. The molecule has 1 aliphatic rings. The molecule has 0 spiro atoms. The van der Waals surface area contributed by atoms with Crippen molar-refractivity contribution in [3.05, 3.63) is 349 Å². The van der Waals surface area contributed by atoms with Gasteiger partial charge in [-0.15, -0.1) is 0 Å². The predicted molar refractivity (Wildman–Crippen MR) is 511 cm³/mol. The van der Waals surface area contributed by atoms with Crippen LogP contribution >= 0.6 is 0 Å². The van der Waals surface area contributed by atoms with E-state index in [4.69, 9.17) is 39.7 Å². The molecule has 10 bridgehead atoms. The molecule has 0 fully saturated rings. The fourth-order valence-electron chi connectivity index (χ4n) is 14.5. The third kappa shape index (κ3) is 26.1. The van der Waals surface area contributed by atoms with E-state index in [2.05, 4.69) is 102 Å². The number of rotatable bonds is 21. The van der Waals surface area contributed by atoms with Crippen molar-refractivity contribution in [3.8, 4) is 95.0 Å². The Morgan fingerprint density at radius 3 is 0.802 bits per heavy atom. The first-order chi connectivity index (χ1) is 63.6. The molecule has 10 aromatic rings. The lowest BCUT2D eigenvalue weighted by atomic mass is 9.93. The van der Waals surface area contributed by atoms with E-state index in [0.29, 0.717) is 169 Å². The average Bonchev–Trinajstić information content (AvgIpc) is 1.26. The molecular weight excluding hydrogens is 1630 g/mol. The van der Waals surface area contributed by atoms with E-state index < -0.39 is 29.8 Å². The highest BCUT2D eigenvalue weighted by atomic mass is 16.5. The maximum Gasteiger partial charge on any atom is 0.337 e. The van der Waals surface area contributed by atoms with Gasteiger partial charge in [0.1, 0.15) is 11.5 Å². The molecule has 0 saturated heterocycles. The normalized spacial score (nSPS) is 13.1. The zero-order valence-corrected chi connectivity index (χ0v) is 74.7. The second kappa shape index (κ2) is 46.9. The number of hydrogen-bond acceptors (Lipinski definition) is 16. The molecule has 10 aromatic carbocycles. The fourth-order valence-corrected chi connectivity index (χ4v) is 14.5. The van der Waals surface area contributed by atoms with Crippen molar-refractivity contribution in [2.45, 2.75) is 112 Å². The van der Waals surface area contributed by atoms with E-state index in [0.717, 1.165) is 77.0 Å². The van der Waals surface area contributed by atoms with Crippen LogP contribution in [0.3, 0.4) is 0 Å². The minimum atomic E-state index is -0.568. The number of carbonyl (C=O) groups excluding carboxylic acids is 5. The molecule has 17 nitrogen and oxygen atoms in total. The molecule has 0 atom stereocenters. The van der Waals surface area contributed by atoms with Gasteiger partial charge < -0.3 is 33.2 Å². The molecule has 131 heavy (non-hydrogen) atoms. The van der Waals surface area contributed by atoms with Gasteiger partial charge in [-0.3, -0.25) is 0 Å². The Kier molecular flexibility index (Phi) is 33.9. The van der Waals surface area contributed by atoms with Crippen LogP contribution in [0.2, 0.25) is 0 Å². The average molecular weight is 1730 g/mol. The highest BCUT2D eigenvalue weighted by Gasteiger charge is 2.20. The van der Waals surface area contributed by atoms with Crippen molar-refractivity contribution >= 4 is 88.2 Å². The predicted octanol–water partition coefficient (Wildman–Crippen LogP) is 23.0. The van der Waals surface area contributed by atoms with Gasteiger partial charge in [-0.1, -0.05) is 143 Å². The largest absolute Gasteiger partial charge is 0.492 e. The van der Waals surface area contributed by atoms with Gasteiger partial charge >= 0.3 is 29.8 Å². The van der Waals surface area contributed by atoms with Crippen molar-refractivity contribution in [2.24, 2.45) is 0 Å². The molecule has 11 rings (SSSR count). The molecule has 0 heterocycles. The van der Waals surface area contributed by atoms with Gasteiger partial charge in [0, 0.05) is 44.5 Å². The molecule has 0 aromatic heterocycles. The number of fused-ring (bicyclic) bond motifs is 10. The van der Waals surface area contributed by atoms with Crippen LogP contribution in [0.15, 0.2) is 182 Å². The first-order valence-electron chi connectivity index (χ1n) is 42.8. The Labute approximate surface area is 766 Å². The lowest BCUT2D eigenvalue weighted by Gasteiger charge is -2.10. The molecule has 0 unspecified atom stereocenters. The Bertz CT molecular complexity index is 6750. The number of hydrogen-bond donors (Lipinski definition) is 0. The van der Waals surface area contributed by atoms with Gasteiger partial charge in [0.05, 0.1) is 141 Å². The number of nitrogens with zero attached hydrogens (tertiary/aromatic N) is 5. The van der Waals surface area contributed by atoms with Crippen LogP contribution in [0, 0.1) is 132 Å². The number of unbranched alkanes of at least 4 members (excludes halogenated alkanes) is 10. The van der Waals surface area contributed by atoms with Gasteiger partial charge in [0.25, 0.3) is 0 Å². The van der Waals surface area contributed by atoms with Crippen LogP contribution in [0.25, 0.3) is 63.2 Å². The topological polar surface area (TPSA) is 249 Å². The minimum Gasteiger partial charge on any atom is -0.492 e. The van der Waals surface area contributed by atoms with Crippen LogP contribution in [0.5, 0.6) is 11.5 Å². The van der Waals surface area contributed by atoms with Crippen molar-refractivity contribution < 1.29 is 57.1 Å². The lowest BCUT2D eigenvalue weighted by Crippen LogP contribution is -2.04. The Morgan fingerprint density at radius 2 is 0.534 bits per heavy atom. The quantitative estimate of drug-likeness (QED) is 0.0213. The van der Waals surface area contributed by atoms with E-state index in [-0.39, 0.29) is 39.1 Å². The standard InChI is InChI=1S/C114H93N5O12/c1-12-14-16-18-20-22-44-130-108-69-96(113(123)128-10)42-37-91(108)32-27-80-50-84-60-99(56-80)103(71-115)64-83-49-78(24-29-88-34-39-93(46-75(88)3)110(120)125-7)54-98(59-83)106(74-118)67-86-52-82(26-31-90-36-41-95(48-77(90)5)112(122)127-9)58-102(63-86)107(119-6)68-87-53-79(25-30-89-35-40-94(47-76(89)4)111(121)126-8)55-101(62-87)105(73-117)66-85-51-81(57-100(61-85)104(65-84)72-116)28-33-92-38-43-97(114(124)129-11)70-109(92)131-45-23-21-19-17-15-13-2/h34-43,46-70H,12-23,44-45H2,1-5,7-11H3/b103-64+,104-65+,105-66+,106-67+,107-68-. The third-order valence-electron chi connectivity index (χ3n) is 21.4. The summed E-state index contributed by atoms with van der Waals surface area (Å²) in [7, 11) is 6.51. The third-order valence-corrected chi connectivity index (χ3v) is 21.4. The molecule has 0 saturated carbocycles. The van der Waals surface area contributed by atoms with Gasteiger partial charge in [0.2, 0.25) is 0 Å². The van der Waals surface area contributed by atoms with E-state index in [1.165, 1.54) is 35.5 Å². The van der Waals surface area contributed by atoms with E-state index >= 15 is 0 Å². The summed E-state index contributed by atoms with van der Waals surface area (Å²) in [5, 5.41) is 46.7. The maximum atomic E-state index is 13.1. The summed E-state index contributed by atoms with van der Waals surface area (Å²) < 4.78 is 38.2. The summed E-state index contributed by atoms with van der Waals surface area (Å²) in [5.74, 6) is 30.9. The maximum absolute atomic E-state index is 13.1. The summed E-state index contributed by atoms with van der Waals surface area (Å²) in [6.45, 7) is 19.5. The number of nitriles is 4. The van der Waals surface area contributed by atoms with E-state index in [1.54, 1.807) is 212 Å². The van der Waals surface area contributed by atoms with Gasteiger partial charge in [-0.05, 0) is 312 Å². The first kappa shape index (κ1) is 94.8. The van der Waals surface area contributed by atoms with Crippen molar-refractivity contribution in [2.75, 3.05) is 48.8 Å². The number of methoxy groups -OCH3 is 5. The summed E-state index contributed by atoms with van der Waals surface area (Å²) in [6.07, 6.45) is 20.4. The molecule has 0 N–H and O–H groups in total. The summed E-state index contributed by atoms with van der Waals surface area (Å²) in [6, 6.07) is 60.9. The number of ether oxygens (including phenoxy) is 7. The second-order valence-electron chi connectivity index (χ2n) is 31.0. The van der Waals surface area contributed by atoms with Crippen molar-refractivity contribution in [1.82, 2.24) is 0 Å². The van der Waals surface area contributed by atoms with Crippen molar-refractivity contribution in [3.63, 3.8) is 0 Å². The molecule has 1 aliphatic carbocycles. The van der Waals surface area contributed by atoms with Crippen LogP contribution < -0.4 is 9.47 Å². The van der Waals surface area contributed by atoms with E-state index in [9.17, 15) is 45.0 Å². The highest BCUT2D eigenvalue weighted by molar-refractivity contribution is 5.99. The molecular formula is C114H93N5O12. The van der Waals surface area contributed by atoms with Crippen LogP contribution in [0.1, 0.15) is 271 Å². The number of benzene rings is 10. The second-order valence-corrected chi connectivity index (χ2v) is 31.0. The highest BCUT2D eigenvalue weighted by Crippen LogP contribution is 2.34. The summed E-state index contributed by atoms with van der Waals surface area (Å²) >= 11 is 0. The van der Waals surface area contributed by atoms with Gasteiger partial charge in [-0.25, -0.2) is 28.8 Å².